The molecule has 3 nitrogen and oxygen atoms in total. The molecule has 3 rings (SSSR count). The van der Waals surface area contributed by atoms with Crippen molar-refractivity contribution in [2.75, 3.05) is 19.6 Å². The Morgan fingerprint density at radius 1 is 1.18 bits per heavy atom. The highest BCUT2D eigenvalue weighted by atomic mass is 35.5. The van der Waals surface area contributed by atoms with E-state index >= 15 is 0 Å². The highest BCUT2D eigenvalue weighted by Gasteiger charge is 2.24. The molecule has 0 amide bonds. The van der Waals surface area contributed by atoms with Gasteiger partial charge in [0.05, 0.1) is 0 Å². The van der Waals surface area contributed by atoms with Crippen LogP contribution in [0.3, 0.4) is 0 Å². The number of piperazine rings is 1. The maximum absolute atomic E-state index is 13.8. The summed E-state index contributed by atoms with van der Waals surface area (Å²) in [6.45, 7) is 2.83. The van der Waals surface area contributed by atoms with Crippen LogP contribution in [-0.2, 0) is 6.54 Å². The van der Waals surface area contributed by atoms with E-state index in [1.807, 2.05) is 12.1 Å². The lowest BCUT2D eigenvalue weighted by molar-refractivity contribution is 0.151. The van der Waals surface area contributed by atoms with Crippen LogP contribution in [0.25, 0.3) is 0 Å². The van der Waals surface area contributed by atoms with Gasteiger partial charge >= 0.3 is 0 Å². The van der Waals surface area contributed by atoms with Gasteiger partial charge in [-0.2, -0.15) is 0 Å². The molecule has 0 saturated carbocycles. The number of rotatable bonds is 3. The van der Waals surface area contributed by atoms with Gasteiger partial charge in [0.25, 0.3) is 0 Å². The van der Waals surface area contributed by atoms with E-state index in [-0.39, 0.29) is 24.3 Å². The molecule has 1 N–H and O–H groups in total. The van der Waals surface area contributed by atoms with Gasteiger partial charge in [0.1, 0.15) is 11.6 Å². The zero-order chi connectivity index (χ0) is 14.7. The van der Waals surface area contributed by atoms with Crippen LogP contribution < -0.4 is 5.32 Å². The summed E-state index contributed by atoms with van der Waals surface area (Å²) in [4.78, 5) is 6.20. The first-order valence-corrected chi connectivity index (χ1v) is 7.02. The van der Waals surface area contributed by atoms with Gasteiger partial charge in [0.15, 0.2) is 0 Å². The average Bonchev–Trinajstić information content (AvgIpc) is 2.52. The van der Waals surface area contributed by atoms with E-state index in [1.54, 1.807) is 12.4 Å². The first-order chi connectivity index (χ1) is 10.2. The smallest absolute Gasteiger partial charge is 0.127 e. The van der Waals surface area contributed by atoms with Crippen molar-refractivity contribution in [2.45, 2.75) is 12.6 Å². The molecule has 0 bridgehead atoms. The summed E-state index contributed by atoms with van der Waals surface area (Å²) >= 11 is 0. The summed E-state index contributed by atoms with van der Waals surface area (Å²) in [7, 11) is 0. The van der Waals surface area contributed by atoms with Crippen LogP contribution in [-0.4, -0.2) is 29.5 Å². The second-order valence-electron chi connectivity index (χ2n) is 5.21. The van der Waals surface area contributed by atoms with Crippen LogP contribution in [0.4, 0.5) is 8.78 Å². The van der Waals surface area contributed by atoms with Crippen molar-refractivity contribution in [1.82, 2.24) is 15.2 Å². The molecule has 118 valence electrons. The zero-order valence-electron chi connectivity index (χ0n) is 12.0. The van der Waals surface area contributed by atoms with Crippen LogP contribution >= 0.6 is 12.4 Å². The zero-order valence-corrected chi connectivity index (χ0v) is 12.8. The van der Waals surface area contributed by atoms with Crippen molar-refractivity contribution in [3.8, 4) is 0 Å². The van der Waals surface area contributed by atoms with E-state index in [0.717, 1.165) is 31.3 Å². The number of nitrogens with zero attached hydrogens (tertiary/aromatic N) is 2. The lowest BCUT2D eigenvalue weighted by Crippen LogP contribution is -2.45. The van der Waals surface area contributed by atoms with Gasteiger partial charge in [-0.1, -0.05) is 0 Å². The number of benzene rings is 1. The molecule has 2 heterocycles. The first-order valence-electron chi connectivity index (χ1n) is 7.02. The molecule has 22 heavy (non-hydrogen) atoms. The van der Waals surface area contributed by atoms with Gasteiger partial charge in [-0.15, -0.1) is 12.4 Å². The SMILES string of the molecule is Cl.Fc1ccc(F)c(CN2CCNCC2c2ccncc2)c1. The van der Waals surface area contributed by atoms with E-state index in [2.05, 4.69) is 15.2 Å². The van der Waals surface area contributed by atoms with Crippen LogP contribution in [0.15, 0.2) is 42.7 Å². The standard InChI is InChI=1S/C16H17F2N3.ClH/c17-14-1-2-15(18)13(9-14)11-21-8-7-20-10-16(21)12-3-5-19-6-4-12;/h1-6,9,16,20H,7-8,10-11H2;1H. The molecule has 6 heteroatoms. The molecular formula is C16H18ClF2N3. The molecule has 1 aliphatic rings. The third-order valence-corrected chi connectivity index (χ3v) is 3.83. The highest BCUT2D eigenvalue weighted by molar-refractivity contribution is 5.85. The van der Waals surface area contributed by atoms with Gasteiger partial charge in [0.2, 0.25) is 0 Å². The fourth-order valence-corrected chi connectivity index (χ4v) is 2.73. The molecule has 0 aliphatic carbocycles. The molecule has 1 atom stereocenters. The second-order valence-corrected chi connectivity index (χ2v) is 5.21. The number of aromatic nitrogens is 1. The molecule has 1 aliphatic heterocycles. The van der Waals surface area contributed by atoms with Crippen LogP contribution in [0, 0.1) is 11.6 Å². The van der Waals surface area contributed by atoms with Gasteiger partial charge in [-0.25, -0.2) is 8.78 Å². The largest absolute Gasteiger partial charge is 0.314 e. The Morgan fingerprint density at radius 2 is 1.95 bits per heavy atom. The Labute approximate surface area is 134 Å². The van der Waals surface area contributed by atoms with Crippen molar-refractivity contribution in [3.05, 3.63) is 65.5 Å². The van der Waals surface area contributed by atoms with Crippen LogP contribution in [0.1, 0.15) is 17.2 Å². The van der Waals surface area contributed by atoms with Crippen molar-refractivity contribution >= 4 is 12.4 Å². The monoisotopic (exact) mass is 325 g/mol. The van der Waals surface area contributed by atoms with E-state index in [9.17, 15) is 8.78 Å². The molecule has 2 aromatic rings. The van der Waals surface area contributed by atoms with E-state index in [0.29, 0.717) is 12.1 Å². The minimum absolute atomic E-state index is 0. The maximum atomic E-state index is 13.8. The Morgan fingerprint density at radius 3 is 2.73 bits per heavy atom. The number of nitrogens with one attached hydrogen (secondary N) is 1. The maximum Gasteiger partial charge on any atom is 0.127 e. The summed E-state index contributed by atoms with van der Waals surface area (Å²) in [6, 6.07) is 7.69. The first kappa shape index (κ1) is 16.8. The molecule has 1 unspecified atom stereocenters. The average molecular weight is 326 g/mol. The van der Waals surface area contributed by atoms with Crippen LogP contribution in [0.5, 0.6) is 0 Å². The van der Waals surface area contributed by atoms with Crippen LogP contribution in [0.2, 0.25) is 0 Å². The minimum Gasteiger partial charge on any atom is -0.314 e. The van der Waals surface area contributed by atoms with Gasteiger partial charge in [-0.3, -0.25) is 9.88 Å². The summed E-state index contributed by atoms with van der Waals surface area (Å²) in [6.07, 6.45) is 3.51. The molecule has 1 aromatic carbocycles. The Kier molecular flexibility index (Phi) is 5.83. The number of hydrogen-bond acceptors (Lipinski definition) is 3. The lowest BCUT2D eigenvalue weighted by atomic mass is 10.0. The topological polar surface area (TPSA) is 28.2 Å². The predicted octanol–water partition coefficient (Wildman–Crippen LogP) is 2.93. The molecule has 1 fully saturated rings. The fraction of sp³-hybridized carbons (Fsp3) is 0.312. The summed E-state index contributed by atoms with van der Waals surface area (Å²) in [5.74, 6) is -0.759. The summed E-state index contributed by atoms with van der Waals surface area (Å²) < 4.78 is 27.2. The number of halogens is 3. The van der Waals surface area contributed by atoms with Crippen molar-refractivity contribution < 1.29 is 8.78 Å². The fourth-order valence-electron chi connectivity index (χ4n) is 2.73. The van der Waals surface area contributed by atoms with E-state index in [1.165, 1.54) is 12.1 Å². The molecule has 0 radical (unpaired) electrons. The number of hydrogen-bond donors (Lipinski definition) is 1. The Hall–Kier alpha value is -1.56. The van der Waals surface area contributed by atoms with Crippen molar-refractivity contribution in [3.63, 3.8) is 0 Å². The van der Waals surface area contributed by atoms with Gasteiger partial charge in [-0.05, 0) is 35.9 Å². The third kappa shape index (κ3) is 3.80. The lowest BCUT2D eigenvalue weighted by Gasteiger charge is -2.36. The molecular weight excluding hydrogens is 308 g/mol. The molecule has 1 saturated heterocycles. The van der Waals surface area contributed by atoms with Crippen molar-refractivity contribution in [1.29, 1.82) is 0 Å². The number of pyridine rings is 1. The Bertz CT molecular complexity index is 610. The van der Waals surface area contributed by atoms with Crippen molar-refractivity contribution in [2.24, 2.45) is 0 Å². The second kappa shape index (κ2) is 7.63. The predicted molar refractivity (Wildman–Crippen MR) is 83.9 cm³/mol. The third-order valence-electron chi connectivity index (χ3n) is 3.83. The highest BCUT2D eigenvalue weighted by Crippen LogP contribution is 2.24. The summed E-state index contributed by atoms with van der Waals surface area (Å²) in [5, 5.41) is 3.35. The normalized spacial score (nSPS) is 18.7. The molecule has 0 spiro atoms. The van der Waals surface area contributed by atoms with Gasteiger partial charge in [0, 0.05) is 50.2 Å². The van der Waals surface area contributed by atoms with E-state index in [4.69, 9.17) is 0 Å². The summed E-state index contributed by atoms with van der Waals surface area (Å²) in [5.41, 5.74) is 1.53. The van der Waals surface area contributed by atoms with Gasteiger partial charge < -0.3 is 5.32 Å². The van der Waals surface area contributed by atoms with E-state index < -0.39 is 5.82 Å². The molecule has 1 aromatic heterocycles. The Balaban J connectivity index is 0.00000176. The minimum atomic E-state index is -0.401. The quantitative estimate of drug-likeness (QED) is 0.940.